The van der Waals surface area contributed by atoms with E-state index >= 15 is 0 Å². The van der Waals surface area contributed by atoms with E-state index in [-0.39, 0.29) is 30.8 Å². The Kier molecular flexibility index (Phi) is 7.58. The Labute approximate surface area is 197 Å². The predicted octanol–water partition coefficient (Wildman–Crippen LogP) is -2.05. The molecule has 0 aromatic carbocycles. The Morgan fingerprint density at radius 2 is 1.88 bits per heavy atom. The van der Waals surface area contributed by atoms with Crippen LogP contribution in [0, 0.1) is 11.8 Å². The van der Waals surface area contributed by atoms with Gasteiger partial charge in [0.2, 0.25) is 10.0 Å². The minimum Gasteiger partial charge on any atom is -0.361 e. The van der Waals surface area contributed by atoms with Gasteiger partial charge in [0.1, 0.15) is 12.5 Å². The lowest BCUT2D eigenvalue weighted by Gasteiger charge is -2.43. The molecule has 5 rings (SSSR count). The molecule has 5 aliphatic rings. The number of nitrogens with one attached hydrogen (secondary N) is 6. The average molecular weight is 487 g/mol. The number of nitrogens with two attached hydrogens (primary N) is 2. The van der Waals surface area contributed by atoms with Crippen molar-refractivity contribution >= 4 is 10.0 Å². The summed E-state index contributed by atoms with van der Waals surface area (Å²) in [7, 11) is -3.50. The molecule has 3 aliphatic heterocycles. The fourth-order valence-electron chi connectivity index (χ4n) is 6.68. The van der Waals surface area contributed by atoms with Crippen LogP contribution in [0.25, 0.3) is 0 Å². The third kappa shape index (κ3) is 5.71. The molecule has 0 aromatic heterocycles. The SMILES string of the molecule is NC[C@@H]1C[C@H]2C[C@@H](COC3NC(NC4CCCC(S(N)(=O)=O)C4)NC4NCNC43)CC[C@@H]2N1. The molecule has 3 saturated heterocycles. The minimum atomic E-state index is -3.50. The molecule has 2 aliphatic carbocycles. The molecule has 0 aromatic rings. The van der Waals surface area contributed by atoms with Gasteiger partial charge in [-0.25, -0.2) is 13.6 Å². The van der Waals surface area contributed by atoms with Gasteiger partial charge in [0.25, 0.3) is 0 Å². The maximum absolute atomic E-state index is 11.8. The van der Waals surface area contributed by atoms with Crippen molar-refractivity contribution in [1.29, 1.82) is 0 Å². The summed E-state index contributed by atoms with van der Waals surface area (Å²) in [5.74, 6) is 1.29. The highest BCUT2D eigenvalue weighted by molar-refractivity contribution is 7.89. The van der Waals surface area contributed by atoms with Crippen LogP contribution in [0.1, 0.15) is 51.4 Å². The number of fused-ring (bicyclic) bond motifs is 2. The van der Waals surface area contributed by atoms with Gasteiger partial charge in [-0.2, -0.15) is 0 Å². The first-order valence-electron chi connectivity index (χ1n) is 12.7. The smallest absolute Gasteiger partial charge is 0.212 e. The van der Waals surface area contributed by atoms with Gasteiger partial charge in [-0.05, 0) is 56.8 Å². The first kappa shape index (κ1) is 24.3. The zero-order chi connectivity index (χ0) is 23.0. The number of hydrogen-bond acceptors (Lipinski definition) is 10. The Morgan fingerprint density at radius 1 is 1.00 bits per heavy atom. The largest absolute Gasteiger partial charge is 0.361 e. The third-order valence-corrected chi connectivity index (χ3v) is 9.80. The highest BCUT2D eigenvalue weighted by Crippen LogP contribution is 2.36. The van der Waals surface area contributed by atoms with E-state index in [0.717, 1.165) is 32.7 Å². The second-order valence-corrected chi connectivity index (χ2v) is 12.6. The first-order valence-corrected chi connectivity index (χ1v) is 14.3. The van der Waals surface area contributed by atoms with Crippen LogP contribution in [0.4, 0.5) is 0 Å². The highest BCUT2D eigenvalue weighted by Gasteiger charge is 2.43. The van der Waals surface area contributed by atoms with Gasteiger partial charge < -0.3 is 15.8 Å². The van der Waals surface area contributed by atoms with Crippen molar-refractivity contribution in [3.05, 3.63) is 0 Å². The van der Waals surface area contributed by atoms with Gasteiger partial charge in [-0.3, -0.25) is 26.6 Å². The highest BCUT2D eigenvalue weighted by atomic mass is 32.2. The number of rotatable bonds is 7. The predicted molar refractivity (Wildman–Crippen MR) is 126 cm³/mol. The van der Waals surface area contributed by atoms with Crippen molar-refractivity contribution in [2.75, 3.05) is 19.8 Å². The fourth-order valence-corrected chi connectivity index (χ4v) is 7.68. The molecule has 10 N–H and O–H groups in total. The fraction of sp³-hybridized carbons (Fsp3) is 1.00. The maximum Gasteiger partial charge on any atom is 0.212 e. The second-order valence-electron chi connectivity index (χ2n) is 10.7. The lowest BCUT2D eigenvalue weighted by Crippen LogP contribution is -2.74. The Balaban J connectivity index is 1.14. The van der Waals surface area contributed by atoms with Crippen LogP contribution < -0.4 is 42.8 Å². The van der Waals surface area contributed by atoms with Crippen molar-refractivity contribution in [2.24, 2.45) is 22.7 Å². The van der Waals surface area contributed by atoms with Crippen LogP contribution in [0.15, 0.2) is 0 Å². The summed E-state index contributed by atoms with van der Waals surface area (Å²) in [6.07, 6.45) is 7.59. The molecule has 2 saturated carbocycles. The standard InChI is InChI=1S/C21H42N8O3S/c22-9-15-7-13-6-12(4-5-17(13)26-15)10-32-20-18-19(25-11-24-18)28-21(29-20)27-14-2-1-3-16(8-14)33(23,30)31/h12-21,24-29H,1-11,22H2,(H2,23,30,31)/t12-,13+,14?,15-,16?,17-,18?,19?,20?,21?/m0/s1. The van der Waals surface area contributed by atoms with Crippen LogP contribution in [0.2, 0.25) is 0 Å². The summed E-state index contributed by atoms with van der Waals surface area (Å²) in [6, 6.07) is 1.33. The van der Waals surface area contributed by atoms with E-state index in [1.54, 1.807) is 0 Å². The van der Waals surface area contributed by atoms with Gasteiger partial charge >= 0.3 is 0 Å². The number of ether oxygens (including phenoxy) is 1. The summed E-state index contributed by atoms with van der Waals surface area (Å²) >= 11 is 0. The van der Waals surface area contributed by atoms with Gasteiger partial charge in [-0.15, -0.1) is 0 Å². The van der Waals surface area contributed by atoms with E-state index in [9.17, 15) is 8.42 Å². The zero-order valence-corrected chi connectivity index (χ0v) is 20.2. The normalized spacial score (nSPS) is 46.1. The quantitative estimate of drug-likeness (QED) is 0.200. The molecule has 5 fully saturated rings. The molecule has 6 unspecified atom stereocenters. The lowest BCUT2D eigenvalue weighted by molar-refractivity contribution is -0.0567. The number of hydrogen-bond donors (Lipinski definition) is 8. The van der Waals surface area contributed by atoms with Crippen LogP contribution in [-0.4, -0.2) is 76.3 Å². The first-order chi connectivity index (χ1) is 15.9. The Hall–Kier alpha value is -0.410. The molecule has 190 valence electrons. The van der Waals surface area contributed by atoms with Crippen LogP contribution in [0.3, 0.4) is 0 Å². The van der Waals surface area contributed by atoms with Crippen molar-refractivity contribution < 1.29 is 13.2 Å². The van der Waals surface area contributed by atoms with E-state index in [1.807, 2.05) is 0 Å². The molecule has 33 heavy (non-hydrogen) atoms. The molecule has 11 nitrogen and oxygen atoms in total. The molecule has 0 spiro atoms. The average Bonchev–Trinajstić information content (AvgIpc) is 3.43. The lowest BCUT2D eigenvalue weighted by atomic mass is 9.78. The van der Waals surface area contributed by atoms with Gasteiger partial charge in [0.15, 0.2) is 0 Å². The van der Waals surface area contributed by atoms with Crippen molar-refractivity contribution in [1.82, 2.24) is 31.9 Å². The van der Waals surface area contributed by atoms with Crippen LogP contribution in [-0.2, 0) is 14.8 Å². The van der Waals surface area contributed by atoms with E-state index in [0.29, 0.717) is 36.8 Å². The molecule has 12 heteroatoms. The summed E-state index contributed by atoms with van der Waals surface area (Å²) in [6.45, 7) is 2.21. The molecule has 10 atom stereocenters. The second kappa shape index (κ2) is 10.3. The molecule has 0 amide bonds. The van der Waals surface area contributed by atoms with Crippen molar-refractivity contribution in [3.63, 3.8) is 0 Å². The minimum absolute atomic E-state index is 0.0893. The molecule has 0 bridgehead atoms. The topological polar surface area (TPSA) is 168 Å². The summed E-state index contributed by atoms with van der Waals surface area (Å²) in [5, 5.41) is 26.3. The maximum atomic E-state index is 11.8. The molecular formula is C21H42N8O3S. The summed E-state index contributed by atoms with van der Waals surface area (Å²) in [5.41, 5.74) is 5.88. The summed E-state index contributed by atoms with van der Waals surface area (Å²) < 4.78 is 30.1. The van der Waals surface area contributed by atoms with Crippen LogP contribution in [0.5, 0.6) is 0 Å². The Bertz CT molecular complexity index is 773. The molecular weight excluding hydrogens is 444 g/mol. The van der Waals surface area contributed by atoms with E-state index < -0.39 is 15.3 Å². The van der Waals surface area contributed by atoms with E-state index in [4.69, 9.17) is 15.6 Å². The number of sulfonamides is 1. The Morgan fingerprint density at radius 3 is 2.70 bits per heavy atom. The summed E-state index contributed by atoms with van der Waals surface area (Å²) in [4.78, 5) is 0. The van der Waals surface area contributed by atoms with E-state index in [2.05, 4.69) is 31.9 Å². The van der Waals surface area contributed by atoms with Crippen LogP contribution >= 0.6 is 0 Å². The number of primary sulfonamides is 1. The monoisotopic (exact) mass is 486 g/mol. The van der Waals surface area contributed by atoms with E-state index in [1.165, 1.54) is 25.7 Å². The van der Waals surface area contributed by atoms with Crippen molar-refractivity contribution in [3.8, 4) is 0 Å². The van der Waals surface area contributed by atoms with Crippen molar-refractivity contribution in [2.45, 2.75) is 99.5 Å². The molecule has 0 radical (unpaired) electrons. The van der Waals surface area contributed by atoms with Gasteiger partial charge in [0.05, 0.1) is 24.1 Å². The molecule has 3 heterocycles. The van der Waals surface area contributed by atoms with Gasteiger partial charge in [0, 0.05) is 31.3 Å². The van der Waals surface area contributed by atoms with Gasteiger partial charge in [-0.1, -0.05) is 6.42 Å². The third-order valence-electron chi connectivity index (χ3n) is 8.44. The zero-order valence-electron chi connectivity index (χ0n) is 19.3.